The number of aliphatic hydroxyl groups is 1. The lowest BCUT2D eigenvalue weighted by atomic mass is 9.98. The lowest BCUT2D eigenvalue weighted by Gasteiger charge is -2.14. The van der Waals surface area contributed by atoms with Gasteiger partial charge in [-0.3, -0.25) is 4.79 Å². The number of amides is 1. The zero-order valence-corrected chi connectivity index (χ0v) is 8.52. The lowest BCUT2D eigenvalue weighted by molar-refractivity contribution is -0.122. The standard InChI is InChI=1S/C11H16N2O2/c12-8-10(11(15)13-6-7-14)9-4-2-1-3-5-9/h1-5,10,14H,6-8,12H2,(H,13,15). The van der Waals surface area contributed by atoms with Crippen molar-refractivity contribution < 1.29 is 9.90 Å². The highest BCUT2D eigenvalue weighted by molar-refractivity contribution is 5.83. The quantitative estimate of drug-likeness (QED) is 0.629. The second-order valence-corrected chi connectivity index (χ2v) is 3.21. The van der Waals surface area contributed by atoms with Crippen molar-refractivity contribution in [1.82, 2.24) is 5.32 Å². The summed E-state index contributed by atoms with van der Waals surface area (Å²) in [5.74, 6) is -0.476. The lowest BCUT2D eigenvalue weighted by Crippen LogP contribution is -2.35. The molecule has 0 aliphatic carbocycles. The van der Waals surface area contributed by atoms with Crippen LogP contribution in [0.1, 0.15) is 11.5 Å². The van der Waals surface area contributed by atoms with Crippen LogP contribution in [0.4, 0.5) is 0 Å². The van der Waals surface area contributed by atoms with E-state index in [1.807, 2.05) is 30.3 Å². The van der Waals surface area contributed by atoms with Gasteiger partial charge in [0.1, 0.15) is 0 Å². The predicted octanol–water partition coefficient (Wildman–Crippen LogP) is -0.163. The number of nitrogens with one attached hydrogen (secondary N) is 1. The van der Waals surface area contributed by atoms with E-state index in [1.165, 1.54) is 0 Å². The van der Waals surface area contributed by atoms with E-state index in [0.717, 1.165) is 5.56 Å². The maximum Gasteiger partial charge on any atom is 0.228 e. The van der Waals surface area contributed by atoms with Gasteiger partial charge in [0.2, 0.25) is 5.91 Å². The van der Waals surface area contributed by atoms with Gasteiger partial charge >= 0.3 is 0 Å². The Labute approximate surface area is 89.1 Å². The van der Waals surface area contributed by atoms with E-state index in [9.17, 15) is 4.79 Å². The van der Waals surface area contributed by atoms with Crippen LogP contribution in [-0.2, 0) is 4.79 Å². The first kappa shape index (κ1) is 11.7. The average Bonchev–Trinajstić information content (AvgIpc) is 2.29. The number of carbonyl (C=O) groups is 1. The minimum Gasteiger partial charge on any atom is -0.395 e. The van der Waals surface area contributed by atoms with Crippen molar-refractivity contribution in [3.8, 4) is 0 Å². The SMILES string of the molecule is NCC(C(=O)NCCO)c1ccccc1. The summed E-state index contributed by atoms with van der Waals surface area (Å²) in [6.45, 7) is 0.473. The van der Waals surface area contributed by atoms with Gasteiger partial charge in [-0.15, -0.1) is 0 Å². The second kappa shape index (κ2) is 6.16. The van der Waals surface area contributed by atoms with Crippen molar-refractivity contribution in [2.45, 2.75) is 5.92 Å². The first-order chi connectivity index (χ1) is 7.29. The zero-order chi connectivity index (χ0) is 11.1. The molecule has 0 fully saturated rings. The second-order valence-electron chi connectivity index (χ2n) is 3.21. The van der Waals surface area contributed by atoms with Crippen LogP contribution < -0.4 is 11.1 Å². The number of aliphatic hydroxyl groups excluding tert-OH is 1. The molecular formula is C11H16N2O2. The highest BCUT2D eigenvalue weighted by Gasteiger charge is 2.17. The molecule has 0 bridgehead atoms. The van der Waals surface area contributed by atoms with E-state index < -0.39 is 0 Å². The predicted molar refractivity (Wildman–Crippen MR) is 58.3 cm³/mol. The van der Waals surface area contributed by atoms with Crippen LogP contribution in [-0.4, -0.2) is 30.7 Å². The third-order valence-electron chi connectivity index (χ3n) is 2.17. The maximum absolute atomic E-state index is 11.6. The van der Waals surface area contributed by atoms with Gasteiger partial charge < -0.3 is 16.2 Å². The molecule has 0 saturated carbocycles. The first-order valence-corrected chi connectivity index (χ1v) is 4.93. The van der Waals surface area contributed by atoms with Gasteiger partial charge in [-0.05, 0) is 5.56 Å². The summed E-state index contributed by atoms with van der Waals surface area (Å²) in [6, 6.07) is 9.38. The molecule has 0 aliphatic heterocycles. The molecule has 4 nitrogen and oxygen atoms in total. The number of nitrogens with two attached hydrogens (primary N) is 1. The third-order valence-corrected chi connectivity index (χ3v) is 2.17. The smallest absolute Gasteiger partial charge is 0.228 e. The van der Waals surface area contributed by atoms with Gasteiger partial charge in [0.15, 0.2) is 0 Å². The van der Waals surface area contributed by atoms with E-state index in [1.54, 1.807) is 0 Å². The minimum absolute atomic E-state index is 0.0577. The molecule has 1 aromatic carbocycles. The molecule has 0 spiro atoms. The van der Waals surface area contributed by atoms with Crippen LogP contribution in [0, 0.1) is 0 Å². The molecule has 1 rings (SSSR count). The van der Waals surface area contributed by atoms with Crippen LogP contribution in [0.5, 0.6) is 0 Å². The molecule has 0 aromatic heterocycles. The largest absolute Gasteiger partial charge is 0.395 e. The fourth-order valence-corrected chi connectivity index (χ4v) is 1.38. The zero-order valence-electron chi connectivity index (χ0n) is 8.52. The summed E-state index contributed by atoms with van der Waals surface area (Å²) in [4.78, 5) is 11.6. The molecule has 0 radical (unpaired) electrons. The Kier molecular flexibility index (Phi) is 4.80. The molecule has 1 atom stereocenters. The molecule has 82 valence electrons. The van der Waals surface area contributed by atoms with Crippen molar-refractivity contribution in [2.75, 3.05) is 19.7 Å². The molecule has 4 N–H and O–H groups in total. The van der Waals surface area contributed by atoms with Gasteiger partial charge in [-0.2, -0.15) is 0 Å². The molecule has 4 heteroatoms. The van der Waals surface area contributed by atoms with Crippen LogP contribution in [0.2, 0.25) is 0 Å². The fourth-order valence-electron chi connectivity index (χ4n) is 1.38. The molecule has 15 heavy (non-hydrogen) atoms. The highest BCUT2D eigenvalue weighted by atomic mass is 16.3. The summed E-state index contributed by atoms with van der Waals surface area (Å²) < 4.78 is 0. The van der Waals surface area contributed by atoms with E-state index in [-0.39, 0.29) is 31.5 Å². The number of hydrogen-bond donors (Lipinski definition) is 3. The average molecular weight is 208 g/mol. The number of carbonyl (C=O) groups excluding carboxylic acids is 1. The maximum atomic E-state index is 11.6. The molecule has 0 saturated heterocycles. The van der Waals surface area contributed by atoms with Gasteiger partial charge in [-0.25, -0.2) is 0 Å². The first-order valence-electron chi connectivity index (χ1n) is 4.93. The van der Waals surface area contributed by atoms with Crippen LogP contribution in [0.15, 0.2) is 30.3 Å². The molecule has 1 amide bonds. The Bertz CT molecular complexity index is 301. The van der Waals surface area contributed by atoms with Gasteiger partial charge in [0.05, 0.1) is 12.5 Å². The molecule has 0 heterocycles. The minimum atomic E-state index is -0.335. The summed E-state index contributed by atoms with van der Waals surface area (Å²) in [5.41, 5.74) is 6.45. The Morgan fingerprint density at radius 2 is 2.07 bits per heavy atom. The Balaban J connectivity index is 2.67. The number of benzene rings is 1. The fraction of sp³-hybridized carbons (Fsp3) is 0.364. The number of rotatable bonds is 5. The Morgan fingerprint density at radius 3 is 2.60 bits per heavy atom. The number of hydrogen-bond acceptors (Lipinski definition) is 3. The van der Waals surface area contributed by atoms with E-state index in [4.69, 9.17) is 10.8 Å². The summed E-state index contributed by atoms with van der Waals surface area (Å²) in [6.07, 6.45) is 0. The summed E-state index contributed by atoms with van der Waals surface area (Å²) >= 11 is 0. The van der Waals surface area contributed by atoms with Crippen LogP contribution in [0.25, 0.3) is 0 Å². The van der Waals surface area contributed by atoms with Gasteiger partial charge in [0, 0.05) is 13.1 Å². The van der Waals surface area contributed by atoms with Crippen molar-refractivity contribution in [3.63, 3.8) is 0 Å². The monoisotopic (exact) mass is 208 g/mol. The third kappa shape index (κ3) is 3.34. The summed E-state index contributed by atoms with van der Waals surface area (Å²) in [7, 11) is 0. The molecular weight excluding hydrogens is 192 g/mol. The molecule has 0 aliphatic rings. The van der Waals surface area contributed by atoms with Crippen molar-refractivity contribution >= 4 is 5.91 Å². The normalized spacial score (nSPS) is 12.1. The van der Waals surface area contributed by atoms with Gasteiger partial charge in [-0.1, -0.05) is 30.3 Å². The van der Waals surface area contributed by atoms with E-state index in [0.29, 0.717) is 0 Å². The molecule has 1 unspecified atom stereocenters. The Hall–Kier alpha value is -1.39. The van der Waals surface area contributed by atoms with Crippen molar-refractivity contribution in [3.05, 3.63) is 35.9 Å². The van der Waals surface area contributed by atoms with Gasteiger partial charge in [0.25, 0.3) is 0 Å². The topological polar surface area (TPSA) is 75.4 Å². The highest BCUT2D eigenvalue weighted by Crippen LogP contribution is 2.13. The van der Waals surface area contributed by atoms with E-state index in [2.05, 4.69) is 5.32 Å². The van der Waals surface area contributed by atoms with Crippen molar-refractivity contribution in [1.29, 1.82) is 0 Å². The summed E-state index contributed by atoms with van der Waals surface area (Å²) in [5, 5.41) is 11.2. The van der Waals surface area contributed by atoms with E-state index >= 15 is 0 Å². The van der Waals surface area contributed by atoms with Crippen molar-refractivity contribution in [2.24, 2.45) is 5.73 Å². The molecule has 1 aromatic rings. The van der Waals surface area contributed by atoms with Crippen LogP contribution in [0.3, 0.4) is 0 Å². The van der Waals surface area contributed by atoms with Crippen LogP contribution >= 0.6 is 0 Å². The Morgan fingerprint density at radius 1 is 1.40 bits per heavy atom.